The second-order valence-corrected chi connectivity index (χ2v) is 5.12. The summed E-state index contributed by atoms with van der Waals surface area (Å²) < 4.78 is 2.04. The van der Waals surface area contributed by atoms with Gasteiger partial charge in [-0.1, -0.05) is 17.7 Å². The van der Waals surface area contributed by atoms with Crippen LogP contribution in [0.15, 0.2) is 55.0 Å². The number of aryl methyl sites for hydroxylation is 1. The minimum absolute atomic E-state index is 0.0231. The molecule has 0 aliphatic carbocycles. The highest BCUT2D eigenvalue weighted by molar-refractivity contribution is 6.35. The van der Waals surface area contributed by atoms with E-state index < -0.39 is 0 Å². The lowest BCUT2D eigenvalue weighted by atomic mass is 10.2. The molecule has 0 aliphatic heterocycles. The Morgan fingerprint density at radius 1 is 1.19 bits per heavy atom. The molecule has 1 N–H and O–H groups in total. The fraction of sp³-hybridized carbons (Fsp3) is 0.125. The standard InChI is InChI=1S/C16H14ClN3O/c17-14-2-1-3-15-13(14)6-10-20(15)11-7-16(21)19-12-4-8-18-9-5-12/h1-6,8-10H,7,11H2,(H,18,19,21). The second kappa shape index (κ2) is 5.97. The SMILES string of the molecule is O=C(CCn1ccc2c(Cl)cccc21)Nc1ccncc1. The van der Waals surface area contributed by atoms with Crippen molar-refractivity contribution in [1.82, 2.24) is 9.55 Å². The molecule has 0 saturated carbocycles. The van der Waals surface area contributed by atoms with Gasteiger partial charge in [0.2, 0.25) is 5.91 Å². The Balaban J connectivity index is 1.67. The quantitative estimate of drug-likeness (QED) is 0.798. The monoisotopic (exact) mass is 299 g/mol. The molecule has 21 heavy (non-hydrogen) atoms. The Kier molecular flexibility index (Phi) is 3.88. The van der Waals surface area contributed by atoms with Crippen molar-refractivity contribution in [1.29, 1.82) is 0 Å². The van der Waals surface area contributed by atoms with Crippen LogP contribution in [0.5, 0.6) is 0 Å². The first-order valence-electron chi connectivity index (χ1n) is 6.67. The van der Waals surface area contributed by atoms with Gasteiger partial charge in [0.05, 0.1) is 0 Å². The first-order chi connectivity index (χ1) is 10.2. The number of fused-ring (bicyclic) bond motifs is 1. The molecule has 1 amide bonds. The summed E-state index contributed by atoms with van der Waals surface area (Å²) in [6.07, 6.45) is 5.66. The molecule has 3 aromatic rings. The number of pyridine rings is 1. The molecule has 0 bridgehead atoms. The third-order valence-corrected chi connectivity index (χ3v) is 3.63. The Morgan fingerprint density at radius 3 is 2.81 bits per heavy atom. The number of benzene rings is 1. The molecular weight excluding hydrogens is 286 g/mol. The van der Waals surface area contributed by atoms with Crippen molar-refractivity contribution in [3.05, 3.63) is 60.0 Å². The summed E-state index contributed by atoms with van der Waals surface area (Å²) in [5.41, 5.74) is 1.80. The first-order valence-corrected chi connectivity index (χ1v) is 7.05. The van der Waals surface area contributed by atoms with Gasteiger partial charge in [-0.15, -0.1) is 0 Å². The molecule has 4 nitrogen and oxygen atoms in total. The number of carbonyl (C=O) groups excluding carboxylic acids is 1. The minimum atomic E-state index is -0.0231. The maximum atomic E-state index is 11.9. The fourth-order valence-corrected chi connectivity index (χ4v) is 2.49. The van der Waals surface area contributed by atoms with Crippen molar-refractivity contribution in [2.45, 2.75) is 13.0 Å². The highest BCUT2D eigenvalue weighted by atomic mass is 35.5. The molecule has 0 unspecified atom stereocenters. The van der Waals surface area contributed by atoms with E-state index >= 15 is 0 Å². The third-order valence-electron chi connectivity index (χ3n) is 3.30. The van der Waals surface area contributed by atoms with Gasteiger partial charge in [-0.05, 0) is 30.3 Å². The molecule has 0 atom stereocenters. The zero-order chi connectivity index (χ0) is 14.7. The Bertz CT molecular complexity index is 768. The number of rotatable bonds is 4. The van der Waals surface area contributed by atoms with E-state index in [-0.39, 0.29) is 5.91 Å². The van der Waals surface area contributed by atoms with E-state index in [0.717, 1.165) is 21.6 Å². The molecule has 2 aromatic heterocycles. The largest absolute Gasteiger partial charge is 0.347 e. The highest BCUT2D eigenvalue weighted by Gasteiger charge is 2.06. The number of nitrogens with one attached hydrogen (secondary N) is 1. The van der Waals surface area contributed by atoms with Crippen LogP contribution >= 0.6 is 11.6 Å². The van der Waals surface area contributed by atoms with E-state index in [1.807, 2.05) is 35.0 Å². The first kappa shape index (κ1) is 13.6. The number of hydrogen-bond acceptors (Lipinski definition) is 2. The molecule has 3 rings (SSSR count). The van der Waals surface area contributed by atoms with Gasteiger partial charge in [0.1, 0.15) is 0 Å². The second-order valence-electron chi connectivity index (χ2n) is 4.72. The lowest BCUT2D eigenvalue weighted by molar-refractivity contribution is -0.116. The zero-order valence-electron chi connectivity index (χ0n) is 11.3. The maximum Gasteiger partial charge on any atom is 0.226 e. The molecule has 0 radical (unpaired) electrons. The zero-order valence-corrected chi connectivity index (χ0v) is 12.0. The van der Waals surface area contributed by atoms with Crippen molar-refractivity contribution in [3.8, 4) is 0 Å². The van der Waals surface area contributed by atoms with Gasteiger partial charge in [0.15, 0.2) is 0 Å². The Morgan fingerprint density at radius 2 is 2.00 bits per heavy atom. The third kappa shape index (κ3) is 3.06. The average Bonchev–Trinajstić information content (AvgIpc) is 2.91. The number of halogens is 1. The van der Waals surface area contributed by atoms with Crippen molar-refractivity contribution < 1.29 is 4.79 Å². The number of aromatic nitrogens is 2. The smallest absolute Gasteiger partial charge is 0.226 e. The summed E-state index contributed by atoms with van der Waals surface area (Å²) in [4.78, 5) is 15.9. The van der Waals surface area contributed by atoms with Crippen molar-refractivity contribution in [2.24, 2.45) is 0 Å². The van der Waals surface area contributed by atoms with E-state index in [2.05, 4.69) is 10.3 Å². The van der Waals surface area contributed by atoms with E-state index in [4.69, 9.17) is 11.6 Å². The molecule has 5 heteroatoms. The molecule has 0 spiro atoms. The van der Waals surface area contributed by atoms with Crippen molar-refractivity contribution in [2.75, 3.05) is 5.32 Å². The molecular formula is C16H14ClN3O. The maximum absolute atomic E-state index is 11.9. The van der Waals surface area contributed by atoms with Crippen LogP contribution in [0.1, 0.15) is 6.42 Å². The van der Waals surface area contributed by atoms with E-state index in [0.29, 0.717) is 13.0 Å². The van der Waals surface area contributed by atoms with E-state index in [1.54, 1.807) is 24.5 Å². The number of carbonyl (C=O) groups is 1. The fourth-order valence-electron chi connectivity index (χ4n) is 2.26. The molecule has 0 fully saturated rings. The number of hydrogen-bond donors (Lipinski definition) is 1. The summed E-state index contributed by atoms with van der Waals surface area (Å²) in [5, 5.41) is 4.58. The van der Waals surface area contributed by atoms with Crippen LogP contribution in [-0.4, -0.2) is 15.5 Å². The van der Waals surface area contributed by atoms with Crippen LogP contribution in [0.25, 0.3) is 10.9 Å². The summed E-state index contributed by atoms with van der Waals surface area (Å²) in [7, 11) is 0. The van der Waals surface area contributed by atoms with Crippen LogP contribution in [-0.2, 0) is 11.3 Å². The molecule has 0 saturated heterocycles. The minimum Gasteiger partial charge on any atom is -0.347 e. The van der Waals surface area contributed by atoms with Gasteiger partial charge in [-0.3, -0.25) is 9.78 Å². The summed E-state index contributed by atoms with van der Waals surface area (Å²) in [6, 6.07) is 11.3. The Hall–Kier alpha value is -2.33. The van der Waals surface area contributed by atoms with E-state index in [9.17, 15) is 4.79 Å². The predicted octanol–water partition coefficient (Wildman–Crippen LogP) is 3.72. The van der Waals surface area contributed by atoms with Crippen molar-refractivity contribution >= 4 is 34.1 Å². The van der Waals surface area contributed by atoms with E-state index in [1.165, 1.54) is 0 Å². The summed E-state index contributed by atoms with van der Waals surface area (Å²) in [5.74, 6) is -0.0231. The molecule has 1 aromatic carbocycles. The topological polar surface area (TPSA) is 46.9 Å². The number of nitrogens with zero attached hydrogens (tertiary/aromatic N) is 2. The van der Waals surface area contributed by atoms with Gasteiger partial charge in [-0.2, -0.15) is 0 Å². The predicted molar refractivity (Wildman–Crippen MR) is 84.4 cm³/mol. The van der Waals surface area contributed by atoms with Crippen molar-refractivity contribution in [3.63, 3.8) is 0 Å². The lowest BCUT2D eigenvalue weighted by Gasteiger charge is -2.07. The average molecular weight is 300 g/mol. The van der Waals surface area contributed by atoms with Gasteiger partial charge < -0.3 is 9.88 Å². The number of anilines is 1. The van der Waals surface area contributed by atoms with Gasteiger partial charge in [0.25, 0.3) is 0 Å². The summed E-state index contributed by atoms with van der Waals surface area (Å²) >= 11 is 6.14. The van der Waals surface area contributed by atoms with Crippen LogP contribution in [0.4, 0.5) is 5.69 Å². The number of amides is 1. The highest BCUT2D eigenvalue weighted by Crippen LogP contribution is 2.24. The van der Waals surface area contributed by atoms with Crippen LogP contribution < -0.4 is 5.32 Å². The molecule has 2 heterocycles. The summed E-state index contributed by atoms with van der Waals surface area (Å²) in [6.45, 7) is 0.612. The van der Waals surface area contributed by atoms with Crippen LogP contribution in [0, 0.1) is 0 Å². The van der Waals surface area contributed by atoms with Crippen LogP contribution in [0.3, 0.4) is 0 Å². The van der Waals surface area contributed by atoms with Crippen LogP contribution in [0.2, 0.25) is 5.02 Å². The normalized spacial score (nSPS) is 10.7. The molecule has 0 aliphatic rings. The molecule has 106 valence electrons. The Labute approximate surface area is 127 Å². The van der Waals surface area contributed by atoms with Gasteiger partial charge in [-0.25, -0.2) is 0 Å². The van der Waals surface area contributed by atoms with Gasteiger partial charge in [0, 0.05) is 53.2 Å². The van der Waals surface area contributed by atoms with Gasteiger partial charge >= 0.3 is 0 Å². The lowest BCUT2D eigenvalue weighted by Crippen LogP contribution is -2.14.